The van der Waals surface area contributed by atoms with Crippen molar-refractivity contribution in [1.82, 2.24) is 9.13 Å². The molecule has 70 heavy (non-hydrogen) atoms. The molecule has 0 bridgehead atoms. The number of allylic oxidation sites excluding steroid dienone is 2. The molecule has 4 aromatic heterocycles. The highest BCUT2D eigenvalue weighted by molar-refractivity contribution is 7.20. The standard InChI is InChI=1S/C54H28F4N2O8S2/c55-39-19-31-32(20-40(39)56)48(62)37(47(31)61)15-29-17-45-51(69-29)35-11-28-14-44-36(12-27(28)13-43(35)59(45)53(65)67-23-25-7-3-1-4-8-25)52-46(60(44)54(66)68-24-26-9-5-2-6-10-26)18-30(70-52)16-38-49(63)33-21-41(57)42(58)22-34(33)50(38)64/h1-22,27-28H,23-24H2. The molecule has 10 nitrogen and oxygen atoms in total. The summed E-state index contributed by atoms with van der Waals surface area (Å²) in [6.45, 7) is -0.106. The van der Waals surface area contributed by atoms with Gasteiger partial charge < -0.3 is 9.47 Å². The summed E-state index contributed by atoms with van der Waals surface area (Å²) < 4.78 is 72.4. The van der Waals surface area contributed by atoms with Gasteiger partial charge in [0.25, 0.3) is 0 Å². The molecule has 2 atom stereocenters. The van der Waals surface area contributed by atoms with Gasteiger partial charge in [-0.15, -0.1) is 22.7 Å². The van der Waals surface area contributed by atoms with Gasteiger partial charge in [-0.3, -0.25) is 19.2 Å². The molecular formula is C54H28F4N2O8S2. The maximum Gasteiger partial charge on any atom is 0.419 e. The molecule has 2 unspecified atom stereocenters. The van der Waals surface area contributed by atoms with Gasteiger partial charge in [0.1, 0.15) is 13.2 Å². The fourth-order valence-corrected chi connectivity index (χ4v) is 11.7. The Hall–Kier alpha value is -8.34. The van der Waals surface area contributed by atoms with Gasteiger partial charge in [-0.05, 0) is 59.7 Å². The number of hydrogen-bond acceptors (Lipinski definition) is 10. The molecule has 0 fully saturated rings. The van der Waals surface area contributed by atoms with Crippen LogP contribution >= 0.6 is 22.7 Å². The second kappa shape index (κ2) is 16.1. The minimum Gasteiger partial charge on any atom is -0.444 e. The van der Waals surface area contributed by atoms with Crippen molar-refractivity contribution in [1.29, 1.82) is 0 Å². The lowest BCUT2D eigenvalue weighted by atomic mass is 9.84. The summed E-state index contributed by atoms with van der Waals surface area (Å²) in [7, 11) is 0. The van der Waals surface area contributed by atoms with Crippen molar-refractivity contribution >= 4 is 115 Å². The molecule has 12 rings (SSSR count). The Balaban J connectivity index is 0.992. The molecule has 0 amide bonds. The quantitative estimate of drug-likeness (QED) is 0.0920. The molecule has 4 aliphatic carbocycles. The minimum absolute atomic E-state index is 0.0532. The van der Waals surface area contributed by atoms with Gasteiger partial charge in [0.15, 0.2) is 46.4 Å². The third-order valence-electron chi connectivity index (χ3n) is 12.8. The number of thiophene rings is 2. The number of benzene rings is 4. The van der Waals surface area contributed by atoms with Crippen LogP contribution in [0.25, 0.3) is 56.9 Å². The number of carbonyl (C=O) groups is 6. The van der Waals surface area contributed by atoms with Crippen LogP contribution in [0.2, 0.25) is 0 Å². The van der Waals surface area contributed by atoms with E-state index in [0.717, 1.165) is 11.1 Å². The van der Waals surface area contributed by atoms with Crippen LogP contribution in [0.15, 0.2) is 108 Å². The fourth-order valence-electron chi connectivity index (χ4n) is 9.47. The molecule has 4 heterocycles. The Labute approximate surface area is 398 Å². The number of carbonyl (C=O) groups excluding carboxylic acids is 6. The zero-order valence-electron chi connectivity index (χ0n) is 35.8. The zero-order valence-corrected chi connectivity index (χ0v) is 37.4. The molecule has 0 saturated carbocycles. The molecule has 0 spiro atoms. The molecule has 16 heteroatoms. The van der Waals surface area contributed by atoms with Crippen LogP contribution in [-0.2, 0) is 22.7 Å². The highest BCUT2D eigenvalue weighted by atomic mass is 32.1. The Morgan fingerprint density at radius 2 is 0.843 bits per heavy atom. The van der Waals surface area contributed by atoms with Crippen LogP contribution in [-0.4, -0.2) is 44.5 Å². The van der Waals surface area contributed by atoms with Gasteiger partial charge >= 0.3 is 12.2 Å². The van der Waals surface area contributed by atoms with Crippen molar-refractivity contribution in [2.75, 3.05) is 0 Å². The van der Waals surface area contributed by atoms with Crippen molar-refractivity contribution in [3.05, 3.63) is 196 Å². The molecular weight excluding hydrogens is 945 g/mol. The molecule has 4 aromatic carbocycles. The zero-order chi connectivity index (χ0) is 48.3. The minimum atomic E-state index is -1.26. The van der Waals surface area contributed by atoms with E-state index in [2.05, 4.69) is 0 Å². The summed E-state index contributed by atoms with van der Waals surface area (Å²) in [5.41, 5.74) is 0.734. The van der Waals surface area contributed by atoms with E-state index >= 15 is 0 Å². The second-order valence-corrected chi connectivity index (χ2v) is 19.1. The fraction of sp³-hybridized carbons (Fsp3) is 0.0741. The van der Waals surface area contributed by atoms with Crippen molar-refractivity contribution in [2.24, 2.45) is 11.8 Å². The lowest BCUT2D eigenvalue weighted by Crippen LogP contribution is -2.42. The van der Waals surface area contributed by atoms with Crippen LogP contribution in [0, 0.1) is 35.1 Å². The molecule has 8 aromatic rings. The maximum absolute atomic E-state index is 14.3. The van der Waals surface area contributed by atoms with Crippen molar-refractivity contribution < 1.29 is 55.8 Å². The number of ether oxygens (including phenoxy) is 2. The van der Waals surface area contributed by atoms with Gasteiger partial charge in [0.05, 0.1) is 42.3 Å². The first-order chi connectivity index (χ1) is 33.8. The highest BCUT2D eigenvalue weighted by Gasteiger charge is 2.37. The normalized spacial score (nSPS) is 16.5. The SMILES string of the molecule is O=C1C(=Cc2cc3c(s2)c2c(n3C(=O)OCc3ccccc3)=CC3C=c4c(n(C(=O)OCc5ccccc5)c5cc(C=C6C(=O)c7cc(F)c(F)cc7C6=O)sc45)=CC3C=2)C(=O)c2cc(F)c(F)cc21. The first kappa shape index (κ1) is 43.0. The lowest BCUT2D eigenvalue weighted by molar-refractivity contribution is 0.0975. The predicted octanol–water partition coefficient (Wildman–Crippen LogP) is 8.65. The number of halogens is 4. The van der Waals surface area contributed by atoms with Gasteiger partial charge in [-0.25, -0.2) is 36.3 Å². The van der Waals surface area contributed by atoms with Crippen molar-refractivity contribution in [2.45, 2.75) is 13.2 Å². The van der Waals surface area contributed by atoms with Crippen LogP contribution in [0.1, 0.15) is 62.3 Å². The van der Waals surface area contributed by atoms with Gasteiger partial charge in [-0.2, -0.15) is 0 Å². The molecule has 0 radical (unpaired) electrons. The van der Waals surface area contributed by atoms with E-state index in [9.17, 15) is 46.3 Å². The van der Waals surface area contributed by atoms with Crippen LogP contribution in [0.5, 0.6) is 0 Å². The number of aromatic nitrogens is 2. The summed E-state index contributed by atoms with van der Waals surface area (Å²) in [6.07, 6.45) is 9.02. The van der Waals surface area contributed by atoms with E-state index in [1.54, 1.807) is 12.1 Å². The largest absolute Gasteiger partial charge is 0.444 e. The smallest absolute Gasteiger partial charge is 0.419 e. The number of rotatable bonds is 6. The average molecular weight is 973 g/mol. The van der Waals surface area contributed by atoms with Crippen LogP contribution < -0.4 is 21.1 Å². The van der Waals surface area contributed by atoms with Gasteiger partial charge in [-0.1, -0.05) is 85.0 Å². The Morgan fingerprint density at radius 3 is 1.19 bits per heavy atom. The first-order valence-electron chi connectivity index (χ1n) is 21.6. The summed E-state index contributed by atoms with van der Waals surface area (Å²) in [6, 6.07) is 24.3. The van der Waals surface area contributed by atoms with E-state index in [1.165, 1.54) is 44.0 Å². The van der Waals surface area contributed by atoms with E-state index in [0.29, 0.717) is 75.6 Å². The maximum atomic E-state index is 14.3. The highest BCUT2D eigenvalue weighted by Crippen LogP contribution is 2.36. The van der Waals surface area contributed by atoms with E-state index in [4.69, 9.17) is 9.47 Å². The number of fused-ring (bicyclic) bond motifs is 9. The third kappa shape index (κ3) is 6.81. The van der Waals surface area contributed by atoms with E-state index < -0.39 is 70.4 Å². The van der Waals surface area contributed by atoms with Crippen molar-refractivity contribution in [3.8, 4) is 0 Å². The molecule has 0 N–H and O–H groups in total. The lowest BCUT2D eigenvalue weighted by Gasteiger charge is -2.21. The van der Waals surface area contributed by atoms with E-state index in [1.807, 2.05) is 85.0 Å². The summed E-state index contributed by atoms with van der Waals surface area (Å²) in [4.78, 5) is 82.8. The molecule has 0 saturated heterocycles. The number of Topliss-reactive ketones (excluding diaryl/α,β-unsaturated/α-hetero) is 4. The molecule has 0 aliphatic heterocycles. The van der Waals surface area contributed by atoms with Crippen LogP contribution in [0.3, 0.4) is 0 Å². The Kier molecular flexibility index (Phi) is 9.91. The number of nitrogens with zero attached hydrogens (tertiary/aromatic N) is 2. The Morgan fingerprint density at radius 1 is 0.500 bits per heavy atom. The summed E-state index contributed by atoms with van der Waals surface area (Å²) >= 11 is 2.39. The monoisotopic (exact) mass is 972 g/mol. The molecule has 342 valence electrons. The van der Waals surface area contributed by atoms with Crippen LogP contribution in [0.4, 0.5) is 27.2 Å². The Bertz CT molecular complexity index is 3740. The first-order valence-corrected chi connectivity index (χ1v) is 23.2. The predicted molar refractivity (Wildman–Crippen MR) is 253 cm³/mol. The van der Waals surface area contributed by atoms with Crippen molar-refractivity contribution in [3.63, 3.8) is 0 Å². The topological polar surface area (TPSA) is 131 Å². The summed E-state index contributed by atoms with van der Waals surface area (Å²) in [5, 5.41) is 2.28. The average Bonchev–Trinajstić information content (AvgIpc) is 4.18. The summed E-state index contributed by atoms with van der Waals surface area (Å²) in [5.74, 6) is -8.88. The van der Waals surface area contributed by atoms with Gasteiger partial charge in [0.2, 0.25) is 0 Å². The second-order valence-electron chi connectivity index (χ2n) is 17.0. The number of hydrogen-bond donors (Lipinski definition) is 0. The van der Waals surface area contributed by atoms with Gasteiger partial charge in [0, 0.05) is 54.3 Å². The van der Waals surface area contributed by atoms with E-state index in [-0.39, 0.29) is 46.6 Å². The number of ketones is 4. The molecule has 4 aliphatic rings. The third-order valence-corrected chi connectivity index (χ3v) is 15.0.